The highest BCUT2D eigenvalue weighted by Gasteiger charge is 2.41. The minimum absolute atomic E-state index is 0.179. The largest absolute Gasteiger partial charge is 0.319 e. The molecule has 0 spiro atoms. The first-order valence-electron chi connectivity index (χ1n) is 5.84. The Bertz CT molecular complexity index is 294. The third-order valence-corrected chi connectivity index (χ3v) is 5.80. The summed E-state index contributed by atoms with van der Waals surface area (Å²) in [4.78, 5) is 0. The molecule has 0 aromatic carbocycles. The summed E-state index contributed by atoms with van der Waals surface area (Å²) in [6.45, 7) is 5.28. The van der Waals surface area contributed by atoms with Crippen LogP contribution < -0.4 is 5.32 Å². The molecule has 0 bridgehead atoms. The smallest absolute Gasteiger partial charge is 0.150 e. The van der Waals surface area contributed by atoms with Crippen LogP contribution in [0, 0.1) is 11.3 Å². The van der Waals surface area contributed by atoms with Gasteiger partial charge in [-0.2, -0.15) is 0 Å². The van der Waals surface area contributed by atoms with E-state index in [9.17, 15) is 8.42 Å². The summed E-state index contributed by atoms with van der Waals surface area (Å²) in [6.07, 6.45) is 2.97. The molecule has 1 unspecified atom stereocenters. The Balaban J connectivity index is 2.81. The van der Waals surface area contributed by atoms with Crippen molar-refractivity contribution in [2.24, 2.45) is 11.3 Å². The van der Waals surface area contributed by atoms with Gasteiger partial charge in [0.15, 0.2) is 9.84 Å². The number of nitrogens with one attached hydrogen (secondary N) is 1. The molecule has 1 atom stereocenters. The lowest BCUT2D eigenvalue weighted by Crippen LogP contribution is -2.39. The summed E-state index contributed by atoms with van der Waals surface area (Å²) in [5.74, 6) is 1.14. The second-order valence-electron chi connectivity index (χ2n) is 4.70. The molecule has 1 saturated heterocycles. The third-order valence-electron chi connectivity index (χ3n) is 4.04. The summed E-state index contributed by atoms with van der Waals surface area (Å²) in [5.41, 5.74) is 0.179. The van der Waals surface area contributed by atoms with Crippen LogP contribution in [-0.2, 0) is 9.84 Å². The SMILES string of the molecule is CCC(CC)(CNC)C1CCS(=O)(=O)C1. The van der Waals surface area contributed by atoms with Crippen LogP contribution in [0.4, 0.5) is 0 Å². The quantitative estimate of drug-likeness (QED) is 0.782. The molecule has 1 aliphatic heterocycles. The highest BCUT2D eigenvalue weighted by atomic mass is 32.2. The molecular formula is C11H23NO2S. The second kappa shape index (κ2) is 4.83. The Hall–Kier alpha value is -0.0900. The average Bonchev–Trinajstić information content (AvgIpc) is 2.56. The Kier molecular flexibility index (Phi) is 4.18. The van der Waals surface area contributed by atoms with Gasteiger partial charge < -0.3 is 5.32 Å². The molecule has 0 aromatic rings. The predicted octanol–water partition coefficient (Wildman–Crippen LogP) is 1.45. The van der Waals surface area contributed by atoms with Crippen LogP contribution in [0.2, 0.25) is 0 Å². The van der Waals surface area contributed by atoms with Crippen molar-refractivity contribution in [2.45, 2.75) is 33.1 Å². The topological polar surface area (TPSA) is 46.2 Å². The third kappa shape index (κ3) is 2.72. The fourth-order valence-electron chi connectivity index (χ4n) is 2.85. The van der Waals surface area contributed by atoms with Gasteiger partial charge >= 0.3 is 0 Å². The maximum Gasteiger partial charge on any atom is 0.150 e. The van der Waals surface area contributed by atoms with Gasteiger partial charge in [0, 0.05) is 6.54 Å². The first kappa shape index (κ1) is 13.0. The van der Waals surface area contributed by atoms with Gasteiger partial charge in [-0.05, 0) is 37.6 Å². The Morgan fingerprint density at radius 3 is 2.27 bits per heavy atom. The van der Waals surface area contributed by atoms with Crippen LogP contribution in [0.3, 0.4) is 0 Å². The standard InChI is InChI=1S/C11H23NO2S/c1-4-11(5-2,9-12-3)10-6-7-15(13,14)8-10/h10,12H,4-9H2,1-3H3. The Morgan fingerprint density at radius 1 is 1.33 bits per heavy atom. The lowest BCUT2D eigenvalue weighted by Gasteiger charge is -2.37. The van der Waals surface area contributed by atoms with Crippen molar-refractivity contribution in [1.82, 2.24) is 5.32 Å². The number of rotatable bonds is 5. The van der Waals surface area contributed by atoms with Gasteiger partial charge in [-0.25, -0.2) is 8.42 Å². The maximum absolute atomic E-state index is 11.5. The Labute approximate surface area is 93.6 Å². The van der Waals surface area contributed by atoms with E-state index in [2.05, 4.69) is 19.2 Å². The van der Waals surface area contributed by atoms with Gasteiger partial charge in [0.1, 0.15) is 0 Å². The molecule has 0 aromatic heterocycles. The van der Waals surface area contributed by atoms with E-state index in [1.165, 1.54) is 0 Å². The molecule has 1 heterocycles. The van der Waals surface area contributed by atoms with Crippen molar-refractivity contribution in [2.75, 3.05) is 25.1 Å². The zero-order chi connectivity index (χ0) is 11.5. The summed E-state index contributed by atoms with van der Waals surface area (Å²) >= 11 is 0. The normalized spacial score (nSPS) is 25.7. The molecule has 0 aliphatic carbocycles. The van der Waals surface area contributed by atoms with Gasteiger partial charge in [0.2, 0.25) is 0 Å². The molecule has 1 aliphatic rings. The van der Waals surface area contributed by atoms with E-state index < -0.39 is 9.84 Å². The van der Waals surface area contributed by atoms with Crippen LogP contribution in [0.1, 0.15) is 33.1 Å². The first-order chi connectivity index (χ1) is 6.99. The monoisotopic (exact) mass is 233 g/mol. The van der Waals surface area contributed by atoms with Crippen LogP contribution in [-0.4, -0.2) is 33.5 Å². The molecule has 90 valence electrons. The molecule has 0 radical (unpaired) electrons. The summed E-state index contributed by atoms with van der Waals surface area (Å²) in [7, 11) is -0.797. The first-order valence-corrected chi connectivity index (χ1v) is 7.67. The highest BCUT2D eigenvalue weighted by Crippen LogP contribution is 2.40. The van der Waals surface area contributed by atoms with Crippen molar-refractivity contribution in [3.8, 4) is 0 Å². The van der Waals surface area contributed by atoms with Crippen molar-refractivity contribution in [1.29, 1.82) is 0 Å². The molecule has 15 heavy (non-hydrogen) atoms. The van der Waals surface area contributed by atoms with Crippen LogP contribution in [0.5, 0.6) is 0 Å². The van der Waals surface area contributed by atoms with E-state index in [1.54, 1.807) is 0 Å². The minimum atomic E-state index is -2.74. The van der Waals surface area contributed by atoms with E-state index in [4.69, 9.17) is 0 Å². The molecule has 1 rings (SSSR count). The summed E-state index contributed by atoms with van der Waals surface area (Å²) in [5, 5.41) is 3.22. The molecular weight excluding hydrogens is 210 g/mol. The van der Waals surface area contributed by atoms with Gasteiger partial charge in [0.05, 0.1) is 11.5 Å². The van der Waals surface area contributed by atoms with E-state index in [1.807, 2.05) is 7.05 Å². The van der Waals surface area contributed by atoms with Gasteiger partial charge in [-0.1, -0.05) is 13.8 Å². The number of sulfone groups is 1. The summed E-state index contributed by atoms with van der Waals surface area (Å²) < 4.78 is 23.0. The number of hydrogen-bond acceptors (Lipinski definition) is 3. The zero-order valence-electron chi connectivity index (χ0n) is 10.0. The molecule has 1 N–H and O–H groups in total. The Morgan fingerprint density at radius 2 is 1.93 bits per heavy atom. The van der Waals surface area contributed by atoms with Crippen LogP contribution in [0.15, 0.2) is 0 Å². The molecule has 4 heteroatoms. The lowest BCUT2D eigenvalue weighted by atomic mass is 9.71. The maximum atomic E-state index is 11.5. The van der Waals surface area contributed by atoms with Gasteiger partial charge in [0.25, 0.3) is 0 Å². The van der Waals surface area contributed by atoms with Crippen molar-refractivity contribution in [3.63, 3.8) is 0 Å². The predicted molar refractivity (Wildman–Crippen MR) is 63.7 cm³/mol. The molecule has 1 fully saturated rings. The van der Waals surface area contributed by atoms with Gasteiger partial charge in [-0.15, -0.1) is 0 Å². The van der Waals surface area contributed by atoms with Crippen LogP contribution in [0.25, 0.3) is 0 Å². The molecule has 3 nitrogen and oxygen atoms in total. The second-order valence-corrected chi connectivity index (χ2v) is 6.93. The van der Waals surface area contributed by atoms with Gasteiger partial charge in [-0.3, -0.25) is 0 Å². The number of hydrogen-bond donors (Lipinski definition) is 1. The minimum Gasteiger partial charge on any atom is -0.319 e. The molecule has 0 amide bonds. The lowest BCUT2D eigenvalue weighted by molar-refractivity contribution is 0.159. The van der Waals surface area contributed by atoms with Crippen LogP contribution >= 0.6 is 0 Å². The highest BCUT2D eigenvalue weighted by molar-refractivity contribution is 7.91. The van der Waals surface area contributed by atoms with E-state index in [0.717, 1.165) is 25.8 Å². The fourth-order valence-corrected chi connectivity index (χ4v) is 4.80. The fraction of sp³-hybridized carbons (Fsp3) is 1.00. The molecule has 0 saturated carbocycles. The van der Waals surface area contributed by atoms with Crippen molar-refractivity contribution >= 4 is 9.84 Å². The summed E-state index contributed by atoms with van der Waals surface area (Å²) in [6, 6.07) is 0. The van der Waals surface area contributed by atoms with E-state index in [-0.39, 0.29) is 5.41 Å². The average molecular weight is 233 g/mol. The van der Waals surface area contributed by atoms with Crippen molar-refractivity contribution in [3.05, 3.63) is 0 Å². The van der Waals surface area contributed by atoms with E-state index >= 15 is 0 Å². The van der Waals surface area contributed by atoms with E-state index in [0.29, 0.717) is 17.4 Å². The zero-order valence-corrected chi connectivity index (χ0v) is 10.9. The van der Waals surface area contributed by atoms with Crippen molar-refractivity contribution < 1.29 is 8.42 Å².